The number of phenols is 1. The highest BCUT2D eigenvalue weighted by Crippen LogP contribution is 2.23. The quantitative estimate of drug-likeness (QED) is 0.171. The van der Waals surface area contributed by atoms with Gasteiger partial charge in [-0.1, -0.05) is 49.9 Å². The molecule has 2 aromatic carbocycles. The minimum absolute atomic E-state index is 0.163. The number of aryl methyl sites for hydroxylation is 1. The molecule has 7 heteroatoms. The van der Waals surface area contributed by atoms with Crippen LogP contribution in [0.25, 0.3) is 6.08 Å². The van der Waals surface area contributed by atoms with E-state index in [4.69, 9.17) is 19.3 Å². The van der Waals surface area contributed by atoms with Crippen molar-refractivity contribution >= 4 is 12.0 Å². The molecule has 1 heterocycles. The van der Waals surface area contributed by atoms with E-state index in [0.29, 0.717) is 23.9 Å². The average molecular weight is 506 g/mol. The number of rotatable bonds is 16. The van der Waals surface area contributed by atoms with E-state index in [1.807, 2.05) is 18.2 Å². The average Bonchev–Trinajstić information content (AvgIpc) is 2.90. The van der Waals surface area contributed by atoms with Crippen LogP contribution in [0.2, 0.25) is 0 Å². The molecule has 0 spiro atoms. The number of phenolic OH excluding ortho intramolecular Hbond substituents is 1. The van der Waals surface area contributed by atoms with Crippen molar-refractivity contribution in [3.05, 3.63) is 83.6 Å². The molecule has 0 radical (unpaired) electrons. The number of nitrogens with zero attached hydrogens (tertiary/aromatic N) is 1. The Balaban J connectivity index is 1.38. The summed E-state index contributed by atoms with van der Waals surface area (Å²) in [6, 6.07) is 18.5. The molecule has 7 nitrogen and oxygen atoms in total. The highest BCUT2D eigenvalue weighted by Gasteiger charge is 2.08. The Kier molecular flexibility index (Phi) is 11.3. The first-order valence-corrected chi connectivity index (χ1v) is 12.6. The molecule has 0 aliphatic carbocycles. The molecule has 0 fully saturated rings. The first-order chi connectivity index (χ1) is 18.0. The Hall–Kier alpha value is -4.00. The van der Waals surface area contributed by atoms with Crippen molar-refractivity contribution in [2.24, 2.45) is 0 Å². The van der Waals surface area contributed by atoms with Crippen LogP contribution in [0.15, 0.2) is 66.7 Å². The fourth-order valence-corrected chi connectivity index (χ4v) is 3.83. The second-order valence-corrected chi connectivity index (χ2v) is 8.73. The number of carboxylic acid groups (broad SMARTS) is 1. The van der Waals surface area contributed by atoms with Crippen molar-refractivity contribution in [2.45, 2.75) is 51.6 Å². The van der Waals surface area contributed by atoms with Gasteiger partial charge in [-0.25, -0.2) is 9.78 Å². The summed E-state index contributed by atoms with van der Waals surface area (Å²) >= 11 is 0. The highest BCUT2D eigenvalue weighted by molar-refractivity contribution is 5.85. The van der Waals surface area contributed by atoms with E-state index in [1.165, 1.54) is 30.9 Å². The van der Waals surface area contributed by atoms with Crippen molar-refractivity contribution in [3.63, 3.8) is 0 Å². The number of pyridine rings is 1. The second kappa shape index (κ2) is 15.2. The number of carbonyl (C=O) groups is 1. The Bertz CT molecular complexity index is 1140. The van der Waals surface area contributed by atoms with E-state index >= 15 is 0 Å². The van der Waals surface area contributed by atoms with Crippen LogP contribution in [0.5, 0.6) is 23.1 Å². The number of aliphatic carboxylic acids is 1. The number of unbranched alkanes of at least 4 members (excludes halogenated alkanes) is 5. The van der Waals surface area contributed by atoms with Gasteiger partial charge in [0.2, 0.25) is 5.88 Å². The van der Waals surface area contributed by atoms with Gasteiger partial charge in [0.25, 0.3) is 0 Å². The van der Waals surface area contributed by atoms with Crippen LogP contribution < -0.4 is 14.2 Å². The number of aromatic hydroxyl groups is 1. The van der Waals surface area contributed by atoms with Crippen LogP contribution >= 0.6 is 0 Å². The molecule has 0 saturated carbocycles. The molecule has 0 atom stereocenters. The van der Waals surface area contributed by atoms with Crippen molar-refractivity contribution in [2.75, 3.05) is 13.7 Å². The molecular weight excluding hydrogens is 470 g/mol. The minimum Gasteiger partial charge on any atom is -0.508 e. The zero-order valence-corrected chi connectivity index (χ0v) is 21.3. The molecule has 3 aromatic rings. The lowest BCUT2D eigenvalue weighted by molar-refractivity contribution is -0.131. The maximum atomic E-state index is 11.0. The third-order valence-corrected chi connectivity index (χ3v) is 5.82. The third-order valence-electron chi connectivity index (χ3n) is 5.82. The number of hydrogen-bond acceptors (Lipinski definition) is 6. The Morgan fingerprint density at radius 1 is 0.892 bits per heavy atom. The number of ether oxygens (including phenoxy) is 3. The molecule has 0 aliphatic rings. The maximum Gasteiger partial charge on any atom is 0.328 e. The van der Waals surface area contributed by atoms with Gasteiger partial charge in [-0.2, -0.15) is 0 Å². The topological polar surface area (TPSA) is 98.1 Å². The number of benzene rings is 2. The summed E-state index contributed by atoms with van der Waals surface area (Å²) in [6.45, 7) is 0.759. The summed E-state index contributed by atoms with van der Waals surface area (Å²) in [7, 11) is 1.68. The summed E-state index contributed by atoms with van der Waals surface area (Å²) in [5.41, 5.74) is 2.53. The van der Waals surface area contributed by atoms with Gasteiger partial charge in [-0.15, -0.1) is 0 Å². The lowest BCUT2D eigenvalue weighted by Gasteiger charge is -2.11. The summed E-state index contributed by atoms with van der Waals surface area (Å²) < 4.78 is 16.8. The van der Waals surface area contributed by atoms with Gasteiger partial charge in [0, 0.05) is 12.1 Å². The maximum absolute atomic E-state index is 11.0. The first-order valence-electron chi connectivity index (χ1n) is 12.6. The molecule has 2 N–H and O–H groups in total. The predicted octanol–water partition coefficient (Wildman–Crippen LogP) is 6.43. The van der Waals surface area contributed by atoms with E-state index < -0.39 is 5.97 Å². The molecule has 3 rings (SSSR count). The van der Waals surface area contributed by atoms with Gasteiger partial charge in [0.1, 0.15) is 29.5 Å². The van der Waals surface area contributed by atoms with E-state index in [2.05, 4.69) is 17.1 Å². The third kappa shape index (κ3) is 10.3. The second-order valence-electron chi connectivity index (χ2n) is 8.73. The van der Waals surface area contributed by atoms with Crippen LogP contribution in [0, 0.1) is 0 Å². The van der Waals surface area contributed by atoms with E-state index in [1.54, 1.807) is 37.4 Å². The fraction of sp³-hybridized carbons (Fsp3) is 0.333. The summed E-state index contributed by atoms with van der Waals surface area (Å²) in [5.74, 6) is 0.848. The van der Waals surface area contributed by atoms with E-state index in [9.17, 15) is 9.90 Å². The van der Waals surface area contributed by atoms with Crippen molar-refractivity contribution in [1.82, 2.24) is 4.98 Å². The predicted molar refractivity (Wildman–Crippen MR) is 143 cm³/mol. The van der Waals surface area contributed by atoms with Crippen molar-refractivity contribution in [3.8, 4) is 23.1 Å². The van der Waals surface area contributed by atoms with Crippen LogP contribution in [-0.4, -0.2) is 34.9 Å². The molecular formula is C30H35NO6. The van der Waals surface area contributed by atoms with Crippen LogP contribution in [-0.2, 0) is 17.8 Å². The number of methoxy groups -OCH3 is 1. The van der Waals surface area contributed by atoms with Crippen LogP contribution in [0.4, 0.5) is 0 Å². The Morgan fingerprint density at radius 3 is 2.38 bits per heavy atom. The van der Waals surface area contributed by atoms with Gasteiger partial charge in [0.15, 0.2) is 0 Å². The summed E-state index contributed by atoms with van der Waals surface area (Å²) in [5, 5.41) is 18.6. The Labute approximate surface area is 218 Å². The van der Waals surface area contributed by atoms with Crippen molar-refractivity contribution < 1.29 is 29.2 Å². The normalized spacial score (nSPS) is 10.9. The van der Waals surface area contributed by atoms with E-state index in [-0.39, 0.29) is 12.4 Å². The molecule has 0 amide bonds. The lowest BCUT2D eigenvalue weighted by Crippen LogP contribution is -2.03. The van der Waals surface area contributed by atoms with Crippen molar-refractivity contribution in [1.29, 1.82) is 0 Å². The fourth-order valence-electron chi connectivity index (χ4n) is 3.83. The van der Waals surface area contributed by atoms with Gasteiger partial charge < -0.3 is 24.4 Å². The number of aromatic nitrogens is 1. The van der Waals surface area contributed by atoms with E-state index in [0.717, 1.165) is 43.1 Å². The zero-order valence-electron chi connectivity index (χ0n) is 21.3. The summed E-state index contributed by atoms with van der Waals surface area (Å²) in [4.78, 5) is 15.4. The zero-order chi connectivity index (χ0) is 26.3. The molecule has 196 valence electrons. The number of carboxylic acids is 1. The molecule has 0 bridgehead atoms. The first kappa shape index (κ1) is 27.6. The standard InChI is InChI=1S/C30H35NO6/c1-35-26-14-12-23(13-15-26)9-6-4-2-3-5-7-20-36-28-17-18-29(31-27(28)16-19-30(33)34)37-22-24-10-8-11-25(32)21-24/h8,10-19,21,32H,2-7,9,20,22H2,1H3,(H,33,34). The largest absolute Gasteiger partial charge is 0.508 e. The van der Waals surface area contributed by atoms with Gasteiger partial charge in [0.05, 0.1) is 13.7 Å². The van der Waals surface area contributed by atoms with Gasteiger partial charge in [-0.05, 0) is 66.8 Å². The summed E-state index contributed by atoms with van der Waals surface area (Å²) in [6.07, 6.45) is 10.2. The van der Waals surface area contributed by atoms with Crippen LogP contribution in [0.1, 0.15) is 55.3 Å². The van der Waals surface area contributed by atoms with Gasteiger partial charge in [-0.3, -0.25) is 0 Å². The monoisotopic (exact) mass is 505 g/mol. The smallest absolute Gasteiger partial charge is 0.328 e. The van der Waals surface area contributed by atoms with Gasteiger partial charge >= 0.3 is 5.97 Å². The molecule has 1 aromatic heterocycles. The molecule has 0 saturated heterocycles. The SMILES string of the molecule is COc1ccc(CCCCCCCCOc2ccc(OCc3cccc(O)c3)nc2C=CC(=O)O)cc1. The Morgan fingerprint density at radius 2 is 1.65 bits per heavy atom. The molecule has 0 unspecified atom stereocenters. The number of hydrogen-bond donors (Lipinski definition) is 2. The molecule has 0 aliphatic heterocycles. The molecule has 37 heavy (non-hydrogen) atoms. The minimum atomic E-state index is -1.06. The van der Waals surface area contributed by atoms with Crippen LogP contribution in [0.3, 0.4) is 0 Å². The highest BCUT2D eigenvalue weighted by atomic mass is 16.5. The lowest BCUT2D eigenvalue weighted by atomic mass is 10.0.